The second-order valence-electron chi connectivity index (χ2n) is 4.56. The molecule has 0 aliphatic heterocycles. The summed E-state index contributed by atoms with van der Waals surface area (Å²) in [5.74, 6) is 1.58. The summed E-state index contributed by atoms with van der Waals surface area (Å²) in [6.07, 6.45) is 1.82. The van der Waals surface area contributed by atoms with E-state index >= 15 is 0 Å². The molecule has 0 spiro atoms. The van der Waals surface area contributed by atoms with Crippen molar-refractivity contribution < 1.29 is 4.74 Å². The van der Waals surface area contributed by atoms with Crippen molar-refractivity contribution >= 4 is 5.82 Å². The van der Waals surface area contributed by atoms with Gasteiger partial charge in [-0.3, -0.25) is 0 Å². The lowest BCUT2D eigenvalue weighted by Crippen LogP contribution is -2.31. The van der Waals surface area contributed by atoms with Crippen molar-refractivity contribution in [2.75, 3.05) is 31.7 Å². The summed E-state index contributed by atoms with van der Waals surface area (Å²) < 4.78 is 5.14. The number of hydrogen-bond acceptors (Lipinski definition) is 4. The van der Waals surface area contributed by atoms with Crippen LogP contribution in [0.15, 0.2) is 18.3 Å². The van der Waals surface area contributed by atoms with Crippen molar-refractivity contribution in [1.82, 2.24) is 4.98 Å². The Hall–Kier alpha value is -1.13. The average Bonchev–Trinajstić information content (AvgIpc) is 2.34. The highest BCUT2D eigenvalue weighted by Gasteiger charge is 2.09. The van der Waals surface area contributed by atoms with E-state index in [1.807, 2.05) is 12.3 Å². The van der Waals surface area contributed by atoms with Crippen LogP contribution < -0.4 is 10.6 Å². The van der Waals surface area contributed by atoms with Gasteiger partial charge in [-0.25, -0.2) is 4.98 Å². The predicted molar refractivity (Wildman–Crippen MR) is 71.1 cm³/mol. The van der Waals surface area contributed by atoms with E-state index in [2.05, 4.69) is 29.8 Å². The molecule has 0 aliphatic carbocycles. The van der Waals surface area contributed by atoms with Crippen LogP contribution in [-0.2, 0) is 11.3 Å². The average molecular weight is 237 g/mol. The van der Waals surface area contributed by atoms with Gasteiger partial charge in [0.2, 0.25) is 0 Å². The van der Waals surface area contributed by atoms with E-state index < -0.39 is 0 Å². The first-order valence-corrected chi connectivity index (χ1v) is 6.06. The number of ether oxygens (including phenoxy) is 1. The Morgan fingerprint density at radius 2 is 2.24 bits per heavy atom. The lowest BCUT2D eigenvalue weighted by atomic mass is 10.2. The zero-order valence-corrected chi connectivity index (χ0v) is 11.0. The molecule has 1 aromatic rings. The third kappa shape index (κ3) is 4.71. The minimum absolute atomic E-state index is 0.551. The summed E-state index contributed by atoms with van der Waals surface area (Å²) in [5, 5.41) is 0. The van der Waals surface area contributed by atoms with Crippen LogP contribution in [0.25, 0.3) is 0 Å². The molecule has 0 amide bonds. The molecule has 0 atom stereocenters. The molecule has 2 N–H and O–H groups in total. The Bertz CT molecular complexity index is 328. The molecule has 0 radical (unpaired) electrons. The molecule has 96 valence electrons. The SMILES string of the molecule is COCCN(CC(C)C)c1cc(CN)ccn1. The van der Waals surface area contributed by atoms with Gasteiger partial charge in [-0.1, -0.05) is 13.8 Å². The topological polar surface area (TPSA) is 51.4 Å². The van der Waals surface area contributed by atoms with Crippen molar-refractivity contribution in [3.63, 3.8) is 0 Å². The van der Waals surface area contributed by atoms with Gasteiger partial charge in [0, 0.05) is 32.9 Å². The van der Waals surface area contributed by atoms with Gasteiger partial charge in [-0.15, -0.1) is 0 Å². The van der Waals surface area contributed by atoms with E-state index in [0.29, 0.717) is 19.1 Å². The van der Waals surface area contributed by atoms with Gasteiger partial charge in [-0.2, -0.15) is 0 Å². The largest absolute Gasteiger partial charge is 0.383 e. The highest BCUT2D eigenvalue weighted by molar-refractivity contribution is 5.41. The van der Waals surface area contributed by atoms with Gasteiger partial charge in [0.25, 0.3) is 0 Å². The van der Waals surface area contributed by atoms with Crippen LogP contribution in [-0.4, -0.2) is 31.8 Å². The quantitative estimate of drug-likeness (QED) is 0.783. The number of methoxy groups -OCH3 is 1. The fourth-order valence-electron chi connectivity index (χ4n) is 1.70. The smallest absolute Gasteiger partial charge is 0.128 e. The van der Waals surface area contributed by atoms with Crippen LogP contribution in [0.1, 0.15) is 19.4 Å². The molecular weight excluding hydrogens is 214 g/mol. The second-order valence-corrected chi connectivity index (χ2v) is 4.56. The number of nitrogens with zero attached hydrogens (tertiary/aromatic N) is 2. The Morgan fingerprint density at radius 1 is 1.47 bits per heavy atom. The third-order valence-corrected chi connectivity index (χ3v) is 2.52. The Morgan fingerprint density at radius 3 is 2.82 bits per heavy atom. The molecule has 0 bridgehead atoms. The molecule has 0 saturated heterocycles. The van der Waals surface area contributed by atoms with E-state index in [-0.39, 0.29) is 0 Å². The predicted octanol–water partition coefficient (Wildman–Crippen LogP) is 1.65. The summed E-state index contributed by atoms with van der Waals surface area (Å²) in [7, 11) is 1.72. The van der Waals surface area contributed by atoms with Crippen LogP contribution in [0.2, 0.25) is 0 Å². The van der Waals surface area contributed by atoms with Crippen molar-refractivity contribution in [3.05, 3.63) is 23.9 Å². The summed E-state index contributed by atoms with van der Waals surface area (Å²) in [6, 6.07) is 4.01. The molecule has 0 fully saturated rings. The number of nitrogens with two attached hydrogens (primary N) is 1. The maximum Gasteiger partial charge on any atom is 0.128 e. The van der Waals surface area contributed by atoms with Crippen molar-refractivity contribution in [2.45, 2.75) is 20.4 Å². The van der Waals surface area contributed by atoms with Crippen LogP contribution in [0.3, 0.4) is 0 Å². The van der Waals surface area contributed by atoms with Gasteiger partial charge in [0.05, 0.1) is 6.61 Å². The zero-order chi connectivity index (χ0) is 12.7. The van der Waals surface area contributed by atoms with Crippen LogP contribution >= 0.6 is 0 Å². The van der Waals surface area contributed by atoms with E-state index in [4.69, 9.17) is 10.5 Å². The Labute approximate surface area is 104 Å². The van der Waals surface area contributed by atoms with Gasteiger partial charge in [0.15, 0.2) is 0 Å². The summed E-state index contributed by atoms with van der Waals surface area (Å²) >= 11 is 0. The van der Waals surface area contributed by atoms with Gasteiger partial charge >= 0.3 is 0 Å². The molecule has 1 heterocycles. The monoisotopic (exact) mass is 237 g/mol. The molecule has 4 nitrogen and oxygen atoms in total. The molecule has 4 heteroatoms. The first-order valence-electron chi connectivity index (χ1n) is 6.06. The Balaban J connectivity index is 2.78. The number of anilines is 1. The zero-order valence-electron chi connectivity index (χ0n) is 11.0. The fourth-order valence-corrected chi connectivity index (χ4v) is 1.70. The third-order valence-electron chi connectivity index (χ3n) is 2.52. The molecule has 0 unspecified atom stereocenters. The standard InChI is InChI=1S/C13H23N3O/c1-11(2)10-16(6-7-17-3)13-8-12(9-14)4-5-15-13/h4-5,8,11H,6-7,9-10,14H2,1-3H3. The minimum Gasteiger partial charge on any atom is -0.383 e. The van der Waals surface area contributed by atoms with E-state index in [1.54, 1.807) is 7.11 Å². The van der Waals surface area contributed by atoms with Gasteiger partial charge < -0.3 is 15.4 Å². The molecule has 0 aromatic carbocycles. The molecule has 1 aromatic heterocycles. The summed E-state index contributed by atoms with van der Waals surface area (Å²) in [6.45, 7) is 7.50. The number of pyridine rings is 1. The van der Waals surface area contributed by atoms with Crippen LogP contribution in [0, 0.1) is 5.92 Å². The molecular formula is C13H23N3O. The van der Waals surface area contributed by atoms with E-state index in [1.165, 1.54) is 0 Å². The van der Waals surface area contributed by atoms with Crippen molar-refractivity contribution in [3.8, 4) is 0 Å². The van der Waals surface area contributed by atoms with Gasteiger partial charge in [-0.05, 0) is 23.6 Å². The van der Waals surface area contributed by atoms with Crippen LogP contribution in [0.4, 0.5) is 5.82 Å². The van der Waals surface area contributed by atoms with Gasteiger partial charge in [0.1, 0.15) is 5.82 Å². The number of hydrogen-bond donors (Lipinski definition) is 1. The molecule has 0 saturated carbocycles. The maximum atomic E-state index is 5.65. The second kappa shape index (κ2) is 7.25. The fraction of sp³-hybridized carbons (Fsp3) is 0.615. The van der Waals surface area contributed by atoms with Crippen LogP contribution in [0.5, 0.6) is 0 Å². The summed E-state index contributed by atoms with van der Waals surface area (Å²) in [5.41, 5.74) is 6.76. The lowest BCUT2D eigenvalue weighted by Gasteiger charge is -2.25. The molecule has 0 aliphatic rings. The maximum absolute atomic E-state index is 5.65. The normalized spacial score (nSPS) is 10.9. The van der Waals surface area contributed by atoms with E-state index in [0.717, 1.165) is 24.5 Å². The molecule has 1 rings (SSSR count). The highest BCUT2D eigenvalue weighted by atomic mass is 16.5. The first kappa shape index (κ1) is 13.9. The van der Waals surface area contributed by atoms with Crippen molar-refractivity contribution in [1.29, 1.82) is 0 Å². The summed E-state index contributed by atoms with van der Waals surface area (Å²) in [4.78, 5) is 6.65. The minimum atomic E-state index is 0.551. The Kier molecular flexibility index (Phi) is 5.94. The first-order chi connectivity index (χ1) is 8.17. The highest BCUT2D eigenvalue weighted by Crippen LogP contribution is 2.14. The number of rotatable bonds is 7. The van der Waals surface area contributed by atoms with E-state index in [9.17, 15) is 0 Å². The lowest BCUT2D eigenvalue weighted by molar-refractivity contribution is 0.204. The van der Waals surface area contributed by atoms with Crippen molar-refractivity contribution in [2.24, 2.45) is 11.7 Å². The molecule has 17 heavy (non-hydrogen) atoms. The number of aromatic nitrogens is 1.